The van der Waals surface area contributed by atoms with Crippen LogP contribution < -0.4 is 15.4 Å². The predicted molar refractivity (Wildman–Crippen MR) is 107 cm³/mol. The fourth-order valence-corrected chi connectivity index (χ4v) is 3.15. The van der Waals surface area contributed by atoms with Crippen molar-refractivity contribution in [3.63, 3.8) is 0 Å². The number of aromatic nitrogens is 3. The Morgan fingerprint density at radius 2 is 2.30 bits per heavy atom. The number of aliphatic imine (C=N–C) groups is 1. The van der Waals surface area contributed by atoms with E-state index in [1.807, 2.05) is 35.9 Å². The Morgan fingerprint density at radius 3 is 3.11 bits per heavy atom. The van der Waals surface area contributed by atoms with Gasteiger partial charge in [-0.25, -0.2) is 14.7 Å². The smallest absolute Gasteiger partial charge is 0.191 e. The predicted octanol–water partition coefficient (Wildman–Crippen LogP) is 2.22. The molecule has 1 aromatic carbocycles. The molecule has 0 aliphatic carbocycles. The Morgan fingerprint density at radius 1 is 1.44 bits per heavy atom. The second-order valence-electron chi connectivity index (χ2n) is 6.54. The quantitative estimate of drug-likeness (QED) is 0.445. The summed E-state index contributed by atoms with van der Waals surface area (Å²) in [4.78, 5) is 9.22. The molecule has 0 radical (unpaired) electrons. The van der Waals surface area contributed by atoms with Crippen molar-refractivity contribution < 1.29 is 4.74 Å². The first-order chi connectivity index (χ1) is 13.2. The van der Waals surface area contributed by atoms with Crippen LogP contribution in [-0.2, 0) is 19.5 Å². The number of para-hydroxylation sites is 1. The average molecular weight is 368 g/mol. The molecule has 0 saturated carbocycles. The van der Waals surface area contributed by atoms with Crippen LogP contribution in [-0.4, -0.2) is 39.9 Å². The molecule has 1 aliphatic rings. The second-order valence-corrected chi connectivity index (χ2v) is 6.54. The van der Waals surface area contributed by atoms with Gasteiger partial charge in [0.1, 0.15) is 24.0 Å². The van der Waals surface area contributed by atoms with E-state index in [1.54, 1.807) is 6.08 Å². The first-order valence-electron chi connectivity index (χ1n) is 9.46. The van der Waals surface area contributed by atoms with Gasteiger partial charge in [0.05, 0.1) is 13.1 Å². The van der Waals surface area contributed by atoms with Crippen LogP contribution in [0, 0.1) is 6.92 Å². The third kappa shape index (κ3) is 5.09. The van der Waals surface area contributed by atoms with Gasteiger partial charge in [-0.05, 0) is 26.3 Å². The number of rotatable bonds is 7. The van der Waals surface area contributed by atoms with E-state index in [0.717, 1.165) is 54.9 Å². The second kappa shape index (κ2) is 9.21. The number of fused-ring (bicyclic) bond motifs is 1. The molecular formula is C20H28N6O. The van der Waals surface area contributed by atoms with Crippen LogP contribution in [0.15, 0.2) is 41.9 Å². The van der Waals surface area contributed by atoms with Crippen molar-refractivity contribution in [1.29, 1.82) is 0 Å². The summed E-state index contributed by atoms with van der Waals surface area (Å²) < 4.78 is 7.72. The van der Waals surface area contributed by atoms with Crippen LogP contribution in [0.3, 0.4) is 0 Å². The summed E-state index contributed by atoms with van der Waals surface area (Å²) in [7, 11) is 0. The minimum absolute atomic E-state index is 0.281. The number of nitrogens with one attached hydrogen (secondary N) is 2. The van der Waals surface area contributed by atoms with E-state index in [2.05, 4.69) is 34.2 Å². The van der Waals surface area contributed by atoms with Gasteiger partial charge in [0, 0.05) is 24.6 Å². The highest BCUT2D eigenvalue weighted by molar-refractivity contribution is 5.80. The normalized spacial score (nSPS) is 16.5. The topological polar surface area (TPSA) is 76.4 Å². The Kier molecular flexibility index (Phi) is 6.46. The monoisotopic (exact) mass is 368 g/mol. The SMILES string of the molecule is C=CCOc1ccccc1CN=C(NCC)NC1CCc2nc(C)nn2C1. The maximum absolute atomic E-state index is 5.72. The summed E-state index contributed by atoms with van der Waals surface area (Å²) in [5.41, 5.74) is 1.05. The minimum Gasteiger partial charge on any atom is -0.489 e. The average Bonchev–Trinajstić information content (AvgIpc) is 3.04. The number of ether oxygens (including phenoxy) is 1. The Balaban J connectivity index is 1.66. The third-order valence-corrected chi connectivity index (χ3v) is 4.39. The molecule has 1 aromatic heterocycles. The molecule has 2 N–H and O–H groups in total. The molecule has 7 heteroatoms. The van der Waals surface area contributed by atoms with Crippen molar-refractivity contribution in [2.24, 2.45) is 4.99 Å². The summed E-state index contributed by atoms with van der Waals surface area (Å²) in [5, 5.41) is 11.3. The van der Waals surface area contributed by atoms with Gasteiger partial charge in [0.25, 0.3) is 0 Å². The van der Waals surface area contributed by atoms with Gasteiger partial charge >= 0.3 is 0 Å². The zero-order valence-electron chi connectivity index (χ0n) is 16.1. The van der Waals surface area contributed by atoms with Gasteiger partial charge in [-0.15, -0.1) is 0 Å². The van der Waals surface area contributed by atoms with Crippen LogP contribution in [0.5, 0.6) is 5.75 Å². The van der Waals surface area contributed by atoms with E-state index >= 15 is 0 Å². The summed E-state index contributed by atoms with van der Waals surface area (Å²) in [6.07, 6.45) is 3.69. The third-order valence-electron chi connectivity index (χ3n) is 4.39. The molecule has 2 aromatic rings. The molecule has 0 saturated heterocycles. The lowest BCUT2D eigenvalue weighted by Crippen LogP contribution is -2.47. The highest BCUT2D eigenvalue weighted by Gasteiger charge is 2.21. The number of hydrogen-bond donors (Lipinski definition) is 2. The van der Waals surface area contributed by atoms with Crippen LogP contribution >= 0.6 is 0 Å². The van der Waals surface area contributed by atoms with Crippen molar-refractivity contribution in [1.82, 2.24) is 25.4 Å². The molecule has 0 fully saturated rings. The first kappa shape index (κ1) is 18.9. The van der Waals surface area contributed by atoms with Gasteiger partial charge in [-0.3, -0.25) is 0 Å². The van der Waals surface area contributed by atoms with Crippen molar-refractivity contribution in [3.8, 4) is 5.75 Å². The van der Waals surface area contributed by atoms with Gasteiger partial charge < -0.3 is 15.4 Å². The number of guanidine groups is 1. The lowest BCUT2D eigenvalue weighted by molar-refractivity contribution is 0.359. The lowest BCUT2D eigenvalue weighted by Gasteiger charge is -2.25. The van der Waals surface area contributed by atoms with Gasteiger partial charge in [-0.1, -0.05) is 30.9 Å². The molecule has 0 spiro atoms. The molecule has 3 rings (SSSR count). The van der Waals surface area contributed by atoms with Gasteiger partial charge in [0.15, 0.2) is 5.96 Å². The molecule has 7 nitrogen and oxygen atoms in total. The van der Waals surface area contributed by atoms with Crippen molar-refractivity contribution in [2.75, 3.05) is 13.2 Å². The maximum atomic E-state index is 5.72. The van der Waals surface area contributed by atoms with Crippen LogP contribution in [0.4, 0.5) is 0 Å². The van der Waals surface area contributed by atoms with E-state index in [-0.39, 0.29) is 6.04 Å². The van der Waals surface area contributed by atoms with Crippen LogP contribution in [0.1, 0.15) is 30.6 Å². The fraction of sp³-hybridized carbons (Fsp3) is 0.450. The van der Waals surface area contributed by atoms with E-state index < -0.39 is 0 Å². The largest absolute Gasteiger partial charge is 0.489 e. The van der Waals surface area contributed by atoms with E-state index in [1.165, 1.54) is 0 Å². The summed E-state index contributed by atoms with van der Waals surface area (Å²) in [6, 6.07) is 8.25. The standard InChI is InChI=1S/C20H28N6O/c1-4-12-27-18-9-7-6-8-16(18)13-22-20(21-5-2)24-17-10-11-19-23-15(3)25-26(19)14-17/h4,6-9,17H,1,5,10-14H2,2-3H3,(H2,21,22,24). The summed E-state index contributed by atoms with van der Waals surface area (Å²) in [6.45, 7) is 10.3. The molecule has 1 aliphatic heterocycles. The lowest BCUT2D eigenvalue weighted by atomic mass is 10.1. The van der Waals surface area contributed by atoms with E-state index in [0.29, 0.717) is 13.2 Å². The summed E-state index contributed by atoms with van der Waals surface area (Å²) in [5.74, 6) is 3.56. The van der Waals surface area contributed by atoms with Crippen molar-refractivity contribution in [2.45, 2.75) is 45.8 Å². The summed E-state index contributed by atoms with van der Waals surface area (Å²) >= 11 is 0. The zero-order valence-corrected chi connectivity index (χ0v) is 16.1. The van der Waals surface area contributed by atoms with E-state index in [9.17, 15) is 0 Å². The highest BCUT2D eigenvalue weighted by atomic mass is 16.5. The number of benzene rings is 1. The first-order valence-corrected chi connectivity index (χ1v) is 9.46. The van der Waals surface area contributed by atoms with Gasteiger partial charge in [0.2, 0.25) is 0 Å². The van der Waals surface area contributed by atoms with Crippen molar-refractivity contribution >= 4 is 5.96 Å². The van der Waals surface area contributed by atoms with Gasteiger partial charge in [-0.2, -0.15) is 5.10 Å². The Hall–Kier alpha value is -2.83. The molecule has 0 bridgehead atoms. The Labute approximate surface area is 160 Å². The molecule has 0 amide bonds. The fourth-order valence-electron chi connectivity index (χ4n) is 3.15. The molecule has 2 heterocycles. The van der Waals surface area contributed by atoms with Crippen LogP contribution in [0.2, 0.25) is 0 Å². The molecule has 144 valence electrons. The molecule has 27 heavy (non-hydrogen) atoms. The van der Waals surface area contributed by atoms with Crippen molar-refractivity contribution in [3.05, 3.63) is 54.1 Å². The number of hydrogen-bond acceptors (Lipinski definition) is 4. The highest BCUT2D eigenvalue weighted by Crippen LogP contribution is 2.19. The number of nitrogens with zero attached hydrogens (tertiary/aromatic N) is 4. The van der Waals surface area contributed by atoms with E-state index in [4.69, 9.17) is 9.73 Å². The Bertz CT molecular complexity index is 798. The maximum Gasteiger partial charge on any atom is 0.191 e. The zero-order chi connectivity index (χ0) is 19.1. The van der Waals surface area contributed by atoms with Crippen LogP contribution in [0.25, 0.3) is 0 Å². The minimum atomic E-state index is 0.281. The molecular weight excluding hydrogens is 340 g/mol. The molecule has 1 unspecified atom stereocenters. The number of aryl methyl sites for hydroxylation is 2. The molecule has 1 atom stereocenters.